The van der Waals surface area contributed by atoms with Gasteiger partial charge in [-0.15, -0.1) is 0 Å². The fourth-order valence-electron chi connectivity index (χ4n) is 0.966. The molecule has 0 bridgehead atoms. The van der Waals surface area contributed by atoms with Crippen molar-refractivity contribution in [1.82, 2.24) is 0 Å². The number of phenolic OH excluding ortho intramolecular Hbond substituents is 2. The third kappa shape index (κ3) is 2.53. The SMILES string of the molecule is O=C(O)COc1cc(C(=O)O)cc(O)c1O. The molecule has 4 N–H and O–H groups in total. The molecule has 1 aromatic carbocycles. The van der Waals surface area contributed by atoms with Gasteiger partial charge in [-0.05, 0) is 12.1 Å². The highest BCUT2D eigenvalue weighted by Crippen LogP contribution is 2.36. The van der Waals surface area contributed by atoms with Gasteiger partial charge >= 0.3 is 11.9 Å². The summed E-state index contributed by atoms with van der Waals surface area (Å²) in [4.78, 5) is 20.8. The predicted octanol–water partition coefficient (Wildman–Crippen LogP) is 0.259. The first-order chi connectivity index (χ1) is 7.41. The summed E-state index contributed by atoms with van der Waals surface area (Å²) in [6.45, 7) is -0.754. The topological polar surface area (TPSA) is 124 Å². The van der Waals surface area contributed by atoms with Gasteiger partial charge in [-0.2, -0.15) is 0 Å². The number of aliphatic carboxylic acids is 1. The van der Waals surface area contributed by atoms with Crippen LogP contribution in [-0.2, 0) is 4.79 Å². The lowest BCUT2D eigenvalue weighted by Gasteiger charge is -2.08. The molecule has 7 nitrogen and oxygen atoms in total. The summed E-state index contributed by atoms with van der Waals surface area (Å²) in [5.41, 5.74) is -0.323. The summed E-state index contributed by atoms with van der Waals surface area (Å²) in [5.74, 6) is -4.43. The predicted molar refractivity (Wildman–Crippen MR) is 49.9 cm³/mol. The quantitative estimate of drug-likeness (QED) is 0.544. The van der Waals surface area contributed by atoms with Crippen molar-refractivity contribution in [3.63, 3.8) is 0 Å². The van der Waals surface area contributed by atoms with Crippen LogP contribution in [-0.4, -0.2) is 39.0 Å². The van der Waals surface area contributed by atoms with Crippen molar-refractivity contribution in [2.45, 2.75) is 0 Å². The molecule has 0 saturated heterocycles. The summed E-state index contributed by atoms with van der Waals surface area (Å²) >= 11 is 0. The standard InChI is InChI=1S/C9H8O7/c10-5-1-4(9(14)15)2-6(8(5)13)16-3-7(11)12/h1-2,10,13H,3H2,(H,11,12)(H,14,15). The van der Waals surface area contributed by atoms with Crippen molar-refractivity contribution in [3.05, 3.63) is 17.7 Å². The largest absolute Gasteiger partial charge is 0.504 e. The summed E-state index contributed by atoms with van der Waals surface area (Å²) in [6, 6.07) is 1.74. The summed E-state index contributed by atoms with van der Waals surface area (Å²) in [7, 11) is 0. The second-order valence-electron chi connectivity index (χ2n) is 2.83. The highest BCUT2D eigenvalue weighted by molar-refractivity contribution is 5.89. The van der Waals surface area contributed by atoms with Crippen LogP contribution in [0.2, 0.25) is 0 Å². The maximum Gasteiger partial charge on any atom is 0.341 e. The van der Waals surface area contributed by atoms with Crippen LogP contribution in [0, 0.1) is 0 Å². The molecule has 0 heterocycles. The maximum atomic E-state index is 10.6. The Labute approximate surface area is 89.1 Å². The third-order valence-corrected chi connectivity index (χ3v) is 1.65. The molecule has 0 atom stereocenters. The van der Waals surface area contributed by atoms with E-state index in [1.165, 1.54) is 0 Å². The molecule has 0 spiro atoms. The summed E-state index contributed by atoms with van der Waals surface area (Å²) < 4.78 is 4.60. The van der Waals surface area contributed by atoms with E-state index in [-0.39, 0.29) is 5.56 Å². The number of hydrogen-bond acceptors (Lipinski definition) is 5. The van der Waals surface area contributed by atoms with Gasteiger partial charge in [-0.3, -0.25) is 0 Å². The Morgan fingerprint density at radius 2 is 1.81 bits per heavy atom. The van der Waals surface area contributed by atoms with Crippen molar-refractivity contribution >= 4 is 11.9 Å². The molecule has 86 valence electrons. The lowest BCUT2D eigenvalue weighted by atomic mass is 10.2. The van der Waals surface area contributed by atoms with Crippen molar-refractivity contribution in [3.8, 4) is 17.2 Å². The number of carboxylic acids is 2. The second-order valence-corrected chi connectivity index (χ2v) is 2.83. The van der Waals surface area contributed by atoms with Gasteiger partial charge in [-0.1, -0.05) is 0 Å². The molecule has 0 aromatic heterocycles. The fourth-order valence-corrected chi connectivity index (χ4v) is 0.966. The molecule has 0 unspecified atom stereocenters. The zero-order chi connectivity index (χ0) is 12.3. The summed E-state index contributed by atoms with van der Waals surface area (Å²) in [6.07, 6.45) is 0. The molecule has 1 aromatic rings. The van der Waals surface area contributed by atoms with Gasteiger partial charge in [0.2, 0.25) is 5.75 Å². The van der Waals surface area contributed by atoms with Gasteiger partial charge < -0.3 is 25.2 Å². The number of hydrogen-bond donors (Lipinski definition) is 4. The molecule has 0 aliphatic carbocycles. The van der Waals surface area contributed by atoms with E-state index in [2.05, 4.69) is 4.74 Å². The number of aromatic hydroxyl groups is 2. The van der Waals surface area contributed by atoms with Crippen LogP contribution in [0.25, 0.3) is 0 Å². The van der Waals surface area contributed by atoms with E-state index in [0.29, 0.717) is 0 Å². The Bertz CT molecular complexity index is 438. The molecule has 0 aliphatic heterocycles. The van der Waals surface area contributed by atoms with E-state index in [0.717, 1.165) is 12.1 Å². The maximum absolute atomic E-state index is 10.6. The van der Waals surface area contributed by atoms with Crippen molar-refractivity contribution in [2.75, 3.05) is 6.61 Å². The van der Waals surface area contributed by atoms with Gasteiger partial charge in [0.05, 0.1) is 5.56 Å². The Hall–Kier alpha value is -2.44. The second kappa shape index (κ2) is 4.39. The first kappa shape index (κ1) is 11.6. The van der Waals surface area contributed by atoms with Gasteiger partial charge in [0, 0.05) is 0 Å². The number of aromatic carboxylic acids is 1. The molecule has 0 aliphatic rings. The first-order valence-corrected chi connectivity index (χ1v) is 4.05. The van der Waals surface area contributed by atoms with E-state index in [4.69, 9.17) is 15.3 Å². The molecule has 0 amide bonds. The van der Waals surface area contributed by atoms with Crippen LogP contribution in [0.1, 0.15) is 10.4 Å². The van der Waals surface area contributed by atoms with Gasteiger partial charge in [0.15, 0.2) is 18.1 Å². The number of ether oxygens (including phenoxy) is 1. The minimum absolute atomic E-state index is 0.323. The van der Waals surface area contributed by atoms with Gasteiger partial charge in [0.25, 0.3) is 0 Å². The smallest absolute Gasteiger partial charge is 0.341 e. The minimum Gasteiger partial charge on any atom is -0.504 e. The average molecular weight is 228 g/mol. The van der Waals surface area contributed by atoms with E-state index >= 15 is 0 Å². The van der Waals surface area contributed by atoms with Crippen molar-refractivity contribution in [2.24, 2.45) is 0 Å². The molecule has 7 heteroatoms. The van der Waals surface area contributed by atoms with Crippen LogP contribution in [0.5, 0.6) is 17.2 Å². The van der Waals surface area contributed by atoms with Gasteiger partial charge in [-0.25, -0.2) is 9.59 Å². The highest BCUT2D eigenvalue weighted by atomic mass is 16.5. The number of benzene rings is 1. The molecule has 1 rings (SSSR count). The third-order valence-electron chi connectivity index (χ3n) is 1.65. The van der Waals surface area contributed by atoms with E-state index in [1.54, 1.807) is 0 Å². The minimum atomic E-state index is -1.34. The molecule has 0 fully saturated rings. The fraction of sp³-hybridized carbons (Fsp3) is 0.111. The molecule has 0 radical (unpaired) electrons. The summed E-state index contributed by atoms with van der Waals surface area (Å²) in [5, 5.41) is 35.4. The van der Waals surface area contributed by atoms with E-state index < -0.39 is 35.8 Å². The molecular weight excluding hydrogens is 220 g/mol. The number of rotatable bonds is 4. The molecule has 0 saturated carbocycles. The van der Waals surface area contributed by atoms with E-state index in [9.17, 15) is 14.7 Å². The number of phenols is 2. The number of carbonyl (C=O) groups is 2. The van der Waals surface area contributed by atoms with Crippen molar-refractivity contribution in [1.29, 1.82) is 0 Å². The highest BCUT2D eigenvalue weighted by Gasteiger charge is 2.15. The zero-order valence-corrected chi connectivity index (χ0v) is 7.88. The Morgan fingerprint density at radius 1 is 1.19 bits per heavy atom. The molecular formula is C9H8O7. The average Bonchev–Trinajstić information content (AvgIpc) is 2.19. The van der Waals surface area contributed by atoms with Crippen LogP contribution in [0.15, 0.2) is 12.1 Å². The Kier molecular flexibility index (Phi) is 3.19. The normalized spacial score (nSPS) is 9.75. The lowest BCUT2D eigenvalue weighted by molar-refractivity contribution is -0.139. The monoisotopic (exact) mass is 228 g/mol. The lowest BCUT2D eigenvalue weighted by Crippen LogP contribution is -2.10. The Balaban J connectivity index is 3.06. The van der Waals surface area contributed by atoms with Crippen LogP contribution in [0.3, 0.4) is 0 Å². The van der Waals surface area contributed by atoms with Crippen LogP contribution >= 0.6 is 0 Å². The van der Waals surface area contributed by atoms with Crippen LogP contribution < -0.4 is 4.74 Å². The van der Waals surface area contributed by atoms with Crippen LogP contribution in [0.4, 0.5) is 0 Å². The molecule has 16 heavy (non-hydrogen) atoms. The first-order valence-electron chi connectivity index (χ1n) is 4.05. The van der Waals surface area contributed by atoms with E-state index in [1.807, 2.05) is 0 Å². The van der Waals surface area contributed by atoms with Gasteiger partial charge in [0.1, 0.15) is 0 Å². The van der Waals surface area contributed by atoms with Crippen molar-refractivity contribution < 1.29 is 34.8 Å². The Morgan fingerprint density at radius 3 is 2.31 bits per heavy atom. The zero-order valence-electron chi connectivity index (χ0n) is 7.88. The number of carboxylic acid groups (broad SMARTS) is 2.